The molecule has 1 aliphatic heterocycles. The van der Waals surface area contributed by atoms with Gasteiger partial charge < -0.3 is 0 Å². The molecule has 2 atom stereocenters. The summed E-state index contributed by atoms with van der Waals surface area (Å²) in [6.07, 6.45) is 2.47. The van der Waals surface area contributed by atoms with Crippen LogP contribution in [0, 0.1) is 11.3 Å². The predicted octanol–water partition coefficient (Wildman–Crippen LogP) is 1.38. The minimum Gasteiger partial charge on any atom is -0.285 e. The highest BCUT2D eigenvalue weighted by Gasteiger charge is 2.29. The normalized spacial score (nSPS) is 28.7. The summed E-state index contributed by atoms with van der Waals surface area (Å²) < 4.78 is 0. The second kappa shape index (κ2) is 3.03. The number of likely N-dealkylation sites (tertiary alicyclic amines) is 1. The van der Waals surface area contributed by atoms with Crippen molar-refractivity contribution in [1.29, 1.82) is 5.26 Å². The van der Waals surface area contributed by atoms with Crippen LogP contribution in [0.5, 0.6) is 0 Å². The van der Waals surface area contributed by atoms with Gasteiger partial charge in [-0.25, -0.2) is 0 Å². The monoisotopic (exact) mass is 138 g/mol. The van der Waals surface area contributed by atoms with Gasteiger partial charge >= 0.3 is 0 Å². The summed E-state index contributed by atoms with van der Waals surface area (Å²) >= 11 is 0. The molecule has 0 aromatic heterocycles. The van der Waals surface area contributed by atoms with Crippen LogP contribution < -0.4 is 0 Å². The molecule has 56 valence electrons. The first-order valence-corrected chi connectivity index (χ1v) is 3.95. The lowest BCUT2D eigenvalue weighted by Crippen LogP contribution is -2.51. The van der Waals surface area contributed by atoms with Crippen LogP contribution in [0.25, 0.3) is 0 Å². The molecule has 0 aromatic carbocycles. The molecule has 1 saturated heterocycles. The second-order valence-corrected chi connectivity index (χ2v) is 2.89. The number of nitrogens with zero attached hydrogens (tertiary/aromatic N) is 2. The van der Waals surface area contributed by atoms with Gasteiger partial charge in [-0.3, -0.25) is 4.90 Å². The van der Waals surface area contributed by atoms with Crippen LogP contribution in [0.4, 0.5) is 0 Å². The Kier molecular flexibility index (Phi) is 2.29. The topological polar surface area (TPSA) is 27.0 Å². The fraction of sp³-hybridized carbons (Fsp3) is 0.875. The van der Waals surface area contributed by atoms with Crippen molar-refractivity contribution in [3.05, 3.63) is 0 Å². The number of nitriles is 1. The minimum absolute atomic E-state index is 0.124. The van der Waals surface area contributed by atoms with Gasteiger partial charge in [0.2, 0.25) is 0 Å². The van der Waals surface area contributed by atoms with E-state index in [0.29, 0.717) is 6.04 Å². The molecule has 0 bridgehead atoms. The third-order valence-electron chi connectivity index (χ3n) is 2.35. The zero-order chi connectivity index (χ0) is 7.56. The summed E-state index contributed by atoms with van der Waals surface area (Å²) in [6.45, 7) is 5.27. The molecule has 2 nitrogen and oxygen atoms in total. The number of hydrogen-bond acceptors (Lipinski definition) is 2. The number of hydrogen-bond donors (Lipinski definition) is 0. The van der Waals surface area contributed by atoms with Crippen molar-refractivity contribution in [2.75, 3.05) is 6.54 Å². The van der Waals surface area contributed by atoms with Gasteiger partial charge in [0.15, 0.2) is 0 Å². The summed E-state index contributed by atoms with van der Waals surface area (Å²) in [5.41, 5.74) is 0. The van der Waals surface area contributed by atoms with E-state index >= 15 is 0 Å². The largest absolute Gasteiger partial charge is 0.285 e. The van der Waals surface area contributed by atoms with E-state index in [1.54, 1.807) is 0 Å². The van der Waals surface area contributed by atoms with Crippen LogP contribution >= 0.6 is 0 Å². The highest BCUT2D eigenvalue weighted by Crippen LogP contribution is 2.22. The van der Waals surface area contributed by atoms with E-state index in [9.17, 15) is 0 Å². The van der Waals surface area contributed by atoms with E-state index in [1.807, 2.05) is 6.92 Å². The predicted molar refractivity (Wildman–Crippen MR) is 40.5 cm³/mol. The first-order valence-electron chi connectivity index (χ1n) is 3.95. The summed E-state index contributed by atoms with van der Waals surface area (Å²) in [5, 5.41) is 8.59. The summed E-state index contributed by atoms with van der Waals surface area (Å²) in [4.78, 5) is 2.26. The maximum atomic E-state index is 8.59. The van der Waals surface area contributed by atoms with Gasteiger partial charge in [0, 0.05) is 12.6 Å². The number of rotatable bonds is 2. The molecule has 1 aliphatic rings. The lowest BCUT2D eigenvalue weighted by molar-refractivity contribution is 0.0684. The Morgan fingerprint density at radius 1 is 1.80 bits per heavy atom. The Bertz CT molecular complexity index is 146. The van der Waals surface area contributed by atoms with Crippen molar-refractivity contribution in [3.8, 4) is 6.07 Å². The Balaban J connectivity index is 2.37. The molecule has 2 unspecified atom stereocenters. The van der Waals surface area contributed by atoms with E-state index in [0.717, 1.165) is 6.54 Å². The van der Waals surface area contributed by atoms with Gasteiger partial charge in [-0.1, -0.05) is 6.92 Å². The van der Waals surface area contributed by atoms with E-state index < -0.39 is 0 Å². The Labute approximate surface area is 62.4 Å². The molecule has 1 heterocycles. The zero-order valence-electron chi connectivity index (χ0n) is 6.67. The minimum atomic E-state index is 0.124. The third-order valence-corrected chi connectivity index (χ3v) is 2.35. The second-order valence-electron chi connectivity index (χ2n) is 2.89. The van der Waals surface area contributed by atoms with Gasteiger partial charge in [-0.15, -0.1) is 0 Å². The first kappa shape index (κ1) is 7.56. The van der Waals surface area contributed by atoms with Crippen molar-refractivity contribution in [1.82, 2.24) is 4.90 Å². The van der Waals surface area contributed by atoms with E-state index in [-0.39, 0.29) is 6.04 Å². The lowest BCUT2D eigenvalue weighted by Gasteiger charge is -2.42. The molecule has 10 heavy (non-hydrogen) atoms. The van der Waals surface area contributed by atoms with Gasteiger partial charge in [0.05, 0.1) is 12.1 Å². The fourth-order valence-electron chi connectivity index (χ4n) is 1.48. The molecule has 0 spiro atoms. The maximum absolute atomic E-state index is 8.59. The fourth-order valence-corrected chi connectivity index (χ4v) is 1.48. The molecule has 0 amide bonds. The molecule has 0 aromatic rings. The van der Waals surface area contributed by atoms with E-state index in [2.05, 4.69) is 17.9 Å². The van der Waals surface area contributed by atoms with Crippen molar-refractivity contribution in [2.45, 2.75) is 38.8 Å². The van der Waals surface area contributed by atoms with Gasteiger partial charge in [-0.05, 0) is 19.8 Å². The van der Waals surface area contributed by atoms with Crippen molar-refractivity contribution < 1.29 is 0 Å². The van der Waals surface area contributed by atoms with Crippen LogP contribution in [-0.2, 0) is 0 Å². The van der Waals surface area contributed by atoms with Gasteiger partial charge in [0.25, 0.3) is 0 Å². The van der Waals surface area contributed by atoms with Crippen molar-refractivity contribution in [3.63, 3.8) is 0 Å². The average molecular weight is 138 g/mol. The lowest BCUT2D eigenvalue weighted by atomic mass is 9.98. The average Bonchev–Trinajstić information content (AvgIpc) is 1.86. The van der Waals surface area contributed by atoms with Crippen molar-refractivity contribution >= 4 is 0 Å². The molecule has 0 aliphatic carbocycles. The first-order chi connectivity index (χ1) is 4.79. The van der Waals surface area contributed by atoms with E-state index in [1.165, 1.54) is 12.8 Å². The third kappa shape index (κ3) is 1.15. The molecular weight excluding hydrogens is 124 g/mol. The molecule has 1 rings (SSSR count). The maximum Gasteiger partial charge on any atom is 0.0951 e. The Morgan fingerprint density at radius 2 is 2.50 bits per heavy atom. The van der Waals surface area contributed by atoms with E-state index in [4.69, 9.17) is 5.26 Å². The van der Waals surface area contributed by atoms with Crippen LogP contribution in [0.15, 0.2) is 0 Å². The Morgan fingerprint density at radius 3 is 2.80 bits per heavy atom. The summed E-state index contributed by atoms with van der Waals surface area (Å²) in [5.74, 6) is 0. The van der Waals surface area contributed by atoms with Gasteiger partial charge in [0.1, 0.15) is 0 Å². The summed E-state index contributed by atoms with van der Waals surface area (Å²) in [7, 11) is 0. The smallest absolute Gasteiger partial charge is 0.0951 e. The molecule has 0 N–H and O–H groups in total. The quantitative estimate of drug-likeness (QED) is 0.576. The zero-order valence-corrected chi connectivity index (χ0v) is 6.67. The highest BCUT2D eigenvalue weighted by molar-refractivity contribution is 4.95. The van der Waals surface area contributed by atoms with Crippen LogP contribution in [0.3, 0.4) is 0 Å². The standard InChI is InChI=1S/C8H14N2/c1-3-8-4-5-10(8)7(2)6-9/h7-8H,3-5H2,1-2H3. The molecule has 1 fully saturated rings. The van der Waals surface area contributed by atoms with Crippen LogP contribution in [0.2, 0.25) is 0 Å². The SMILES string of the molecule is CCC1CCN1C(C)C#N. The summed E-state index contributed by atoms with van der Waals surface area (Å²) in [6, 6.07) is 3.07. The van der Waals surface area contributed by atoms with Crippen molar-refractivity contribution in [2.24, 2.45) is 0 Å². The van der Waals surface area contributed by atoms with Gasteiger partial charge in [-0.2, -0.15) is 5.26 Å². The highest BCUT2D eigenvalue weighted by atomic mass is 15.2. The van der Waals surface area contributed by atoms with Crippen LogP contribution in [0.1, 0.15) is 26.7 Å². The van der Waals surface area contributed by atoms with Crippen LogP contribution in [-0.4, -0.2) is 23.5 Å². The molecule has 0 radical (unpaired) electrons. The molecular formula is C8H14N2. The molecule has 2 heteroatoms. The Hall–Kier alpha value is -0.550. The molecule has 0 saturated carbocycles.